The van der Waals surface area contributed by atoms with Crippen molar-refractivity contribution >= 4 is 29.9 Å². The summed E-state index contributed by atoms with van der Waals surface area (Å²) in [5, 5.41) is 11.4. The summed E-state index contributed by atoms with van der Waals surface area (Å²) in [5.41, 5.74) is 4.66. The number of hydrogen-bond donors (Lipinski definition) is 2. The summed E-state index contributed by atoms with van der Waals surface area (Å²) < 4.78 is 12.4. The van der Waals surface area contributed by atoms with Crippen molar-refractivity contribution in [2.75, 3.05) is 33.9 Å². The van der Waals surface area contributed by atoms with Crippen LogP contribution < -0.4 is 15.4 Å². The average Bonchev–Trinajstić information content (AvgIpc) is 3.03. The van der Waals surface area contributed by atoms with Gasteiger partial charge in [-0.25, -0.2) is 4.99 Å². The van der Waals surface area contributed by atoms with Gasteiger partial charge in [-0.05, 0) is 50.8 Å². The molecule has 7 nitrogen and oxygen atoms in total. The van der Waals surface area contributed by atoms with Crippen LogP contribution in [0.1, 0.15) is 48.7 Å². The maximum atomic E-state index is 5.24. The lowest BCUT2D eigenvalue weighted by Crippen LogP contribution is -2.38. The number of aliphatic imine (C=N–C) groups is 1. The van der Waals surface area contributed by atoms with Crippen molar-refractivity contribution in [3.8, 4) is 5.75 Å². The molecule has 1 heterocycles. The van der Waals surface area contributed by atoms with Gasteiger partial charge in [0.25, 0.3) is 0 Å². The zero-order valence-electron chi connectivity index (χ0n) is 19.7. The van der Waals surface area contributed by atoms with Crippen molar-refractivity contribution in [3.05, 3.63) is 46.8 Å². The van der Waals surface area contributed by atoms with Crippen molar-refractivity contribution in [3.63, 3.8) is 0 Å². The number of nitrogens with one attached hydrogen (secondary N) is 2. The Morgan fingerprint density at radius 3 is 2.48 bits per heavy atom. The van der Waals surface area contributed by atoms with Crippen LogP contribution in [-0.2, 0) is 17.8 Å². The third-order valence-electron chi connectivity index (χ3n) is 5.33. The highest BCUT2D eigenvalue weighted by Gasteiger charge is 2.11. The van der Waals surface area contributed by atoms with Crippen molar-refractivity contribution in [2.45, 2.75) is 53.1 Å². The van der Waals surface area contributed by atoms with Gasteiger partial charge in [-0.2, -0.15) is 5.10 Å². The van der Waals surface area contributed by atoms with Gasteiger partial charge in [0.15, 0.2) is 5.96 Å². The summed E-state index contributed by atoms with van der Waals surface area (Å²) >= 11 is 0. The van der Waals surface area contributed by atoms with Gasteiger partial charge < -0.3 is 20.1 Å². The minimum atomic E-state index is 0. The van der Waals surface area contributed by atoms with E-state index in [9.17, 15) is 0 Å². The average molecular weight is 543 g/mol. The molecule has 2 rings (SSSR count). The Morgan fingerprint density at radius 2 is 1.87 bits per heavy atom. The van der Waals surface area contributed by atoms with Crippen LogP contribution >= 0.6 is 24.0 Å². The largest absolute Gasteiger partial charge is 0.497 e. The van der Waals surface area contributed by atoms with Crippen molar-refractivity contribution in [2.24, 2.45) is 4.99 Å². The molecule has 2 N–H and O–H groups in total. The Hall–Kier alpha value is -1.81. The molecule has 1 aromatic carbocycles. The van der Waals surface area contributed by atoms with Crippen LogP contribution in [-0.4, -0.2) is 49.7 Å². The van der Waals surface area contributed by atoms with Crippen LogP contribution in [0.2, 0.25) is 0 Å². The second-order valence-electron chi connectivity index (χ2n) is 7.45. The van der Waals surface area contributed by atoms with E-state index >= 15 is 0 Å². The van der Waals surface area contributed by atoms with E-state index in [1.807, 2.05) is 23.7 Å². The molecule has 0 amide bonds. The molecule has 31 heavy (non-hydrogen) atoms. The van der Waals surface area contributed by atoms with Gasteiger partial charge in [0.05, 0.1) is 32.5 Å². The minimum Gasteiger partial charge on any atom is -0.497 e. The number of aryl methyl sites for hydroxylation is 1. The van der Waals surface area contributed by atoms with Gasteiger partial charge in [0.1, 0.15) is 5.75 Å². The molecular formula is C23H38IN5O2. The van der Waals surface area contributed by atoms with E-state index in [0.29, 0.717) is 19.1 Å². The normalized spacial score (nSPS) is 12.3. The first-order valence-electron chi connectivity index (χ1n) is 10.7. The number of benzene rings is 1. The van der Waals surface area contributed by atoms with E-state index in [4.69, 9.17) is 14.5 Å². The van der Waals surface area contributed by atoms with Gasteiger partial charge in [0.2, 0.25) is 0 Å². The molecule has 0 saturated heterocycles. The fourth-order valence-corrected chi connectivity index (χ4v) is 3.36. The lowest BCUT2D eigenvalue weighted by Gasteiger charge is -2.15. The molecule has 0 fully saturated rings. The number of hydrogen-bond acceptors (Lipinski definition) is 4. The Morgan fingerprint density at radius 1 is 1.16 bits per heavy atom. The number of methoxy groups -OCH3 is 2. The van der Waals surface area contributed by atoms with Crippen LogP contribution in [0.5, 0.6) is 5.75 Å². The highest BCUT2D eigenvalue weighted by Crippen LogP contribution is 2.21. The molecule has 0 saturated carbocycles. The Kier molecular flexibility index (Phi) is 12.5. The SMILES string of the molecule is CCNC(=NCc1c(C)nn(CCOC)c1C)NCCC(C)c1ccc(OC)cc1.I. The second-order valence-corrected chi connectivity index (χ2v) is 7.45. The first kappa shape index (κ1) is 27.2. The van der Waals surface area contributed by atoms with Crippen LogP contribution in [0.25, 0.3) is 0 Å². The predicted octanol–water partition coefficient (Wildman–Crippen LogP) is 4.02. The third kappa shape index (κ3) is 8.33. The van der Waals surface area contributed by atoms with Crippen molar-refractivity contribution < 1.29 is 9.47 Å². The monoisotopic (exact) mass is 543 g/mol. The maximum absolute atomic E-state index is 5.24. The molecule has 1 unspecified atom stereocenters. The Bertz CT molecular complexity index is 805. The van der Waals surface area contributed by atoms with Gasteiger partial charge in [-0.1, -0.05) is 19.1 Å². The second kappa shape index (κ2) is 14.3. The summed E-state index contributed by atoms with van der Waals surface area (Å²) in [7, 11) is 3.40. The number of rotatable bonds is 11. The molecule has 0 spiro atoms. The lowest BCUT2D eigenvalue weighted by atomic mass is 9.98. The summed E-state index contributed by atoms with van der Waals surface area (Å²) in [4.78, 5) is 4.78. The fourth-order valence-electron chi connectivity index (χ4n) is 3.36. The van der Waals surface area contributed by atoms with E-state index in [1.54, 1.807) is 14.2 Å². The molecule has 0 aliphatic rings. The topological polar surface area (TPSA) is 72.7 Å². The van der Waals surface area contributed by atoms with Gasteiger partial charge >= 0.3 is 0 Å². The Balaban J connectivity index is 0.00000480. The molecule has 174 valence electrons. The van der Waals surface area contributed by atoms with E-state index in [2.05, 4.69) is 48.6 Å². The first-order chi connectivity index (χ1) is 14.5. The smallest absolute Gasteiger partial charge is 0.191 e. The molecule has 0 radical (unpaired) electrons. The summed E-state index contributed by atoms with van der Waals surface area (Å²) in [5.74, 6) is 2.18. The molecule has 2 aromatic rings. The van der Waals surface area contributed by atoms with E-state index in [-0.39, 0.29) is 24.0 Å². The van der Waals surface area contributed by atoms with Crippen LogP contribution in [0.15, 0.2) is 29.3 Å². The number of nitrogens with zero attached hydrogens (tertiary/aromatic N) is 3. The van der Waals surface area contributed by atoms with Crippen molar-refractivity contribution in [1.29, 1.82) is 0 Å². The van der Waals surface area contributed by atoms with E-state index < -0.39 is 0 Å². The molecule has 0 bridgehead atoms. The fraction of sp³-hybridized carbons (Fsp3) is 0.565. The first-order valence-corrected chi connectivity index (χ1v) is 10.7. The predicted molar refractivity (Wildman–Crippen MR) is 138 cm³/mol. The minimum absolute atomic E-state index is 0. The standard InChI is InChI=1S/C23H37N5O2.HI/c1-7-24-23(25-13-12-17(2)20-8-10-21(30-6)11-9-20)26-16-22-18(3)27-28(19(22)4)14-15-29-5;/h8-11,17H,7,12-16H2,1-6H3,(H2,24,25,26);1H. The molecule has 1 aromatic heterocycles. The number of aromatic nitrogens is 2. The van der Waals surface area contributed by atoms with Gasteiger partial charge in [-0.3, -0.25) is 4.68 Å². The van der Waals surface area contributed by atoms with Crippen molar-refractivity contribution in [1.82, 2.24) is 20.4 Å². The number of halogens is 1. The molecule has 1 atom stereocenters. The lowest BCUT2D eigenvalue weighted by molar-refractivity contribution is 0.182. The molecule has 8 heteroatoms. The highest BCUT2D eigenvalue weighted by molar-refractivity contribution is 14.0. The maximum Gasteiger partial charge on any atom is 0.191 e. The zero-order chi connectivity index (χ0) is 21.9. The van der Waals surface area contributed by atoms with Crippen LogP contribution in [0.3, 0.4) is 0 Å². The summed E-state index contributed by atoms with van der Waals surface area (Å²) in [6, 6.07) is 8.30. The molecule has 0 aliphatic heterocycles. The quantitative estimate of drug-likeness (QED) is 0.255. The zero-order valence-corrected chi connectivity index (χ0v) is 22.0. The number of ether oxygens (including phenoxy) is 2. The van der Waals surface area contributed by atoms with E-state index in [0.717, 1.165) is 49.2 Å². The van der Waals surface area contributed by atoms with E-state index in [1.165, 1.54) is 11.1 Å². The van der Waals surface area contributed by atoms with Crippen LogP contribution in [0.4, 0.5) is 0 Å². The molecule has 0 aliphatic carbocycles. The Labute approximate surface area is 204 Å². The molecular weight excluding hydrogens is 505 g/mol. The van der Waals surface area contributed by atoms with Crippen LogP contribution in [0, 0.1) is 13.8 Å². The third-order valence-corrected chi connectivity index (χ3v) is 5.33. The summed E-state index contributed by atoms with van der Waals surface area (Å²) in [6.45, 7) is 12.2. The number of guanidine groups is 1. The highest BCUT2D eigenvalue weighted by atomic mass is 127. The summed E-state index contributed by atoms with van der Waals surface area (Å²) in [6.07, 6.45) is 1.02. The van der Waals surface area contributed by atoms with Gasteiger partial charge in [0, 0.05) is 31.5 Å². The van der Waals surface area contributed by atoms with Gasteiger partial charge in [-0.15, -0.1) is 24.0 Å².